The molecule has 1 N–H and O–H groups in total. The van der Waals surface area contributed by atoms with Crippen molar-refractivity contribution in [2.24, 2.45) is 0 Å². The Hall–Kier alpha value is -0.870. The Balaban J connectivity index is 0.000000791. The van der Waals surface area contributed by atoms with E-state index in [1.807, 2.05) is 20.8 Å². The van der Waals surface area contributed by atoms with Crippen molar-refractivity contribution in [3.63, 3.8) is 0 Å². The van der Waals surface area contributed by atoms with Gasteiger partial charge >= 0.3 is 0 Å². The van der Waals surface area contributed by atoms with Gasteiger partial charge in [0, 0.05) is 0 Å². The molecule has 0 spiro atoms. The quantitative estimate of drug-likeness (QED) is 0.734. The fraction of sp³-hybridized carbons (Fsp3) is 0.400. The van der Waals surface area contributed by atoms with Gasteiger partial charge in [-0.25, -0.2) is 0 Å². The van der Waals surface area contributed by atoms with Gasteiger partial charge in [0.1, 0.15) is 0 Å². The number of benzene rings is 1. The minimum Gasteiger partial charge on any atom is -0.282 e. The Labute approximate surface area is 85.5 Å². The maximum Gasteiger partial charge on any atom is 0.294 e. The first-order valence-electron chi connectivity index (χ1n) is 4.46. The summed E-state index contributed by atoms with van der Waals surface area (Å²) >= 11 is 0. The topological polar surface area (TPSA) is 54.4 Å². The first kappa shape index (κ1) is 13.1. The molecule has 1 aromatic carbocycles. The van der Waals surface area contributed by atoms with Crippen LogP contribution in [0.4, 0.5) is 0 Å². The summed E-state index contributed by atoms with van der Waals surface area (Å²) in [4.78, 5) is -0.0203. The highest BCUT2D eigenvalue weighted by molar-refractivity contribution is 7.85. The summed E-state index contributed by atoms with van der Waals surface area (Å²) in [6.45, 7) is 7.51. The van der Waals surface area contributed by atoms with Gasteiger partial charge in [-0.15, -0.1) is 0 Å². The smallest absolute Gasteiger partial charge is 0.282 e. The summed E-state index contributed by atoms with van der Waals surface area (Å²) in [6.07, 6.45) is 0. The Morgan fingerprint density at radius 3 is 2.00 bits per heavy atom. The standard InChI is InChI=1S/C8H10O3S.C2H6/c1-6-3-4-8(7(2)5-6)12(9,10)11;1-2/h3-5H,1-2H3,(H,9,10,11);1-2H3. The van der Waals surface area contributed by atoms with E-state index in [0.29, 0.717) is 5.56 Å². The van der Waals surface area contributed by atoms with Crippen molar-refractivity contribution in [3.05, 3.63) is 29.3 Å². The van der Waals surface area contributed by atoms with Gasteiger partial charge < -0.3 is 0 Å². The molecule has 0 saturated carbocycles. The molecule has 0 aliphatic rings. The maximum absolute atomic E-state index is 10.7. The molecule has 0 amide bonds. The maximum atomic E-state index is 10.7. The van der Waals surface area contributed by atoms with Crippen molar-refractivity contribution in [1.82, 2.24) is 0 Å². The molecular weight excluding hydrogens is 200 g/mol. The third-order valence-electron chi connectivity index (χ3n) is 1.61. The molecule has 0 unspecified atom stereocenters. The first-order valence-corrected chi connectivity index (χ1v) is 5.90. The summed E-state index contributed by atoms with van der Waals surface area (Å²) in [7, 11) is -4.05. The molecule has 3 nitrogen and oxygen atoms in total. The summed E-state index contributed by atoms with van der Waals surface area (Å²) in [5.74, 6) is 0. The highest BCUT2D eigenvalue weighted by atomic mass is 32.2. The summed E-state index contributed by atoms with van der Waals surface area (Å²) in [5.41, 5.74) is 1.54. The second-order valence-electron chi connectivity index (χ2n) is 2.74. The van der Waals surface area contributed by atoms with E-state index in [-0.39, 0.29) is 4.90 Å². The predicted octanol–water partition coefficient (Wildman–Crippen LogP) is 2.58. The van der Waals surface area contributed by atoms with Gasteiger partial charge in [0.05, 0.1) is 4.90 Å². The van der Waals surface area contributed by atoms with E-state index in [9.17, 15) is 8.42 Å². The minimum absolute atomic E-state index is 0.0203. The van der Waals surface area contributed by atoms with E-state index < -0.39 is 10.1 Å². The lowest BCUT2D eigenvalue weighted by Gasteiger charge is -2.02. The molecule has 0 aliphatic carbocycles. The van der Waals surface area contributed by atoms with Crippen molar-refractivity contribution in [3.8, 4) is 0 Å². The van der Waals surface area contributed by atoms with Crippen molar-refractivity contribution >= 4 is 10.1 Å². The molecule has 0 aliphatic heterocycles. The molecule has 0 heterocycles. The van der Waals surface area contributed by atoms with E-state index in [0.717, 1.165) is 5.56 Å². The number of hydrogen-bond donors (Lipinski definition) is 1. The zero-order valence-electron chi connectivity index (χ0n) is 8.90. The largest absolute Gasteiger partial charge is 0.294 e. The van der Waals surface area contributed by atoms with E-state index >= 15 is 0 Å². The van der Waals surface area contributed by atoms with Crippen LogP contribution in [0, 0.1) is 13.8 Å². The third-order valence-corrected chi connectivity index (χ3v) is 2.62. The Morgan fingerprint density at radius 1 is 1.14 bits per heavy atom. The molecule has 0 aromatic heterocycles. The van der Waals surface area contributed by atoms with Gasteiger partial charge in [-0.1, -0.05) is 31.5 Å². The van der Waals surface area contributed by atoms with E-state index in [1.165, 1.54) is 6.07 Å². The SMILES string of the molecule is CC.Cc1ccc(S(=O)(=O)O)c(C)c1. The van der Waals surface area contributed by atoms with Crippen LogP contribution < -0.4 is 0 Å². The van der Waals surface area contributed by atoms with Crippen molar-refractivity contribution in [2.75, 3.05) is 0 Å². The minimum atomic E-state index is -4.05. The lowest BCUT2D eigenvalue weighted by atomic mass is 10.2. The Bertz CT molecular complexity index is 394. The van der Waals surface area contributed by atoms with Crippen LogP contribution in [0.15, 0.2) is 23.1 Å². The molecule has 14 heavy (non-hydrogen) atoms. The van der Waals surface area contributed by atoms with Crippen LogP contribution in [0.1, 0.15) is 25.0 Å². The second-order valence-corrected chi connectivity index (χ2v) is 4.13. The molecule has 80 valence electrons. The molecule has 1 aromatic rings. The van der Waals surface area contributed by atoms with E-state index in [2.05, 4.69) is 0 Å². The molecule has 0 atom stereocenters. The predicted molar refractivity (Wildman–Crippen MR) is 57.1 cm³/mol. The zero-order valence-corrected chi connectivity index (χ0v) is 9.72. The fourth-order valence-electron chi connectivity index (χ4n) is 1.09. The van der Waals surface area contributed by atoms with Crippen molar-refractivity contribution in [1.29, 1.82) is 0 Å². The average molecular weight is 216 g/mol. The Morgan fingerprint density at radius 2 is 1.64 bits per heavy atom. The second kappa shape index (κ2) is 5.12. The van der Waals surface area contributed by atoms with E-state index in [4.69, 9.17) is 4.55 Å². The van der Waals surface area contributed by atoms with Gasteiger partial charge in [-0.2, -0.15) is 8.42 Å². The molecule has 0 fully saturated rings. The molecule has 0 radical (unpaired) electrons. The molecule has 0 saturated heterocycles. The van der Waals surface area contributed by atoms with Crippen molar-refractivity contribution in [2.45, 2.75) is 32.6 Å². The third kappa shape index (κ3) is 3.47. The number of aryl methyl sites for hydroxylation is 2. The van der Waals surface area contributed by atoms with Crippen LogP contribution >= 0.6 is 0 Å². The lowest BCUT2D eigenvalue weighted by Crippen LogP contribution is -2.00. The van der Waals surface area contributed by atoms with Gasteiger partial charge in [0.25, 0.3) is 10.1 Å². The molecular formula is C10H16O3S. The number of hydrogen-bond acceptors (Lipinski definition) is 2. The molecule has 4 heteroatoms. The van der Waals surface area contributed by atoms with Crippen LogP contribution in [0.3, 0.4) is 0 Å². The monoisotopic (exact) mass is 216 g/mol. The summed E-state index contributed by atoms with van der Waals surface area (Å²) in [6, 6.07) is 4.76. The Kier molecular flexibility index (Phi) is 4.80. The van der Waals surface area contributed by atoms with Gasteiger partial charge in [-0.05, 0) is 25.5 Å². The summed E-state index contributed by atoms with van der Waals surface area (Å²) in [5, 5.41) is 0. The first-order chi connectivity index (χ1) is 6.41. The zero-order chi connectivity index (χ0) is 11.4. The van der Waals surface area contributed by atoms with Crippen LogP contribution in [0.5, 0.6) is 0 Å². The molecule has 1 rings (SSSR count). The number of rotatable bonds is 1. The molecule has 0 bridgehead atoms. The lowest BCUT2D eigenvalue weighted by molar-refractivity contribution is 0.482. The van der Waals surface area contributed by atoms with Crippen LogP contribution in [0.25, 0.3) is 0 Å². The van der Waals surface area contributed by atoms with E-state index in [1.54, 1.807) is 19.1 Å². The summed E-state index contributed by atoms with van der Waals surface area (Å²) < 4.78 is 30.2. The van der Waals surface area contributed by atoms with Crippen LogP contribution in [-0.4, -0.2) is 13.0 Å². The van der Waals surface area contributed by atoms with Gasteiger partial charge in [0.15, 0.2) is 0 Å². The highest BCUT2D eigenvalue weighted by Gasteiger charge is 2.11. The van der Waals surface area contributed by atoms with Crippen LogP contribution in [-0.2, 0) is 10.1 Å². The van der Waals surface area contributed by atoms with Crippen LogP contribution in [0.2, 0.25) is 0 Å². The highest BCUT2D eigenvalue weighted by Crippen LogP contribution is 2.15. The van der Waals surface area contributed by atoms with Crippen molar-refractivity contribution < 1.29 is 13.0 Å². The van der Waals surface area contributed by atoms with Gasteiger partial charge in [-0.3, -0.25) is 4.55 Å². The average Bonchev–Trinajstić information content (AvgIpc) is 2.05. The van der Waals surface area contributed by atoms with Gasteiger partial charge in [0.2, 0.25) is 0 Å². The fourth-order valence-corrected chi connectivity index (χ4v) is 1.79. The normalized spacial score (nSPS) is 10.4.